The highest BCUT2D eigenvalue weighted by Gasteiger charge is 2.28. The minimum atomic E-state index is -0.958. The topological polar surface area (TPSA) is 71.5 Å². The first-order chi connectivity index (χ1) is 17.4. The highest BCUT2D eigenvalue weighted by Crippen LogP contribution is 2.46. The van der Waals surface area contributed by atoms with Crippen LogP contribution in [0.5, 0.6) is 5.75 Å². The first-order valence-electron chi connectivity index (χ1n) is 12.6. The van der Waals surface area contributed by atoms with Gasteiger partial charge < -0.3 is 15.2 Å². The number of hydrogen-bond donors (Lipinski definition) is 2. The molecule has 36 heavy (non-hydrogen) atoms. The Kier molecular flexibility index (Phi) is 9.07. The number of hydrogen-bond acceptors (Lipinski definition) is 4. The van der Waals surface area contributed by atoms with E-state index in [1.54, 1.807) is 24.4 Å². The Morgan fingerprint density at radius 1 is 1.14 bits per heavy atom. The number of anilines is 1. The van der Waals surface area contributed by atoms with Gasteiger partial charge in [0.15, 0.2) is 0 Å². The number of fused-ring (bicyclic) bond motifs is 1. The third kappa shape index (κ3) is 5.68. The number of para-hydroxylation sites is 1. The van der Waals surface area contributed by atoms with Crippen molar-refractivity contribution in [3.05, 3.63) is 100 Å². The third-order valence-corrected chi connectivity index (χ3v) is 6.06. The number of carboxylic acid groups (broad SMARTS) is 1. The lowest BCUT2D eigenvalue weighted by Gasteiger charge is -2.29. The molecular weight excluding hydrogens is 448 g/mol. The molecular formula is C31H36N2O3. The first kappa shape index (κ1) is 26.7. The van der Waals surface area contributed by atoms with Crippen LogP contribution in [0.2, 0.25) is 0 Å². The lowest BCUT2D eigenvalue weighted by atomic mass is 9.88. The summed E-state index contributed by atoms with van der Waals surface area (Å²) in [4.78, 5) is 16.0. The van der Waals surface area contributed by atoms with E-state index in [9.17, 15) is 9.90 Å². The van der Waals surface area contributed by atoms with Crippen LogP contribution in [0, 0.1) is 6.92 Å². The molecule has 0 aliphatic carbocycles. The van der Waals surface area contributed by atoms with E-state index in [0.717, 1.165) is 52.2 Å². The Balaban J connectivity index is 0.00000176. The zero-order valence-corrected chi connectivity index (χ0v) is 22.1. The Hall–Kier alpha value is -3.86. The summed E-state index contributed by atoms with van der Waals surface area (Å²) in [6, 6.07) is 15.0. The smallest absolute Gasteiger partial charge is 0.337 e. The van der Waals surface area contributed by atoms with Crippen molar-refractivity contribution in [1.29, 1.82) is 0 Å². The van der Waals surface area contributed by atoms with Crippen LogP contribution < -0.4 is 10.1 Å². The number of nitrogens with one attached hydrogen (secondary N) is 1. The van der Waals surface area contributed by atoms with Crippen molar-refractivity contribution in [2.45, 2.75) is 60.4 Å². The van der Waals surface area contributed by atoms with Crippen LogP contribution in [0.15, 0.2) is 72.6 Å². The molecule has 1 aliphatic rings. The average molecular weight is 485 g/mol. The van der Waals surface area contributed by atoms with Gasteiger partial charge in [0.2, 0.25) is 0 Å². The maximum atomic E-state index is 11.7. The summed E-state index contributed by atoms with van der Waals surface area (Å²) in [5.74, 6) is 0.636. The molecule has 2 aromatic carbocycles. The molecule has 0 spiro atoms. The number of rotatable bonds is 7. The number of unbranched alkanes of at least 4 members (excludes halogenated alkanes) is 1. The fourth-order valence-corrected chi connectivity index (χ4v) is 4.37. The molecule has 1 unspecified atom stereocenters. The highest BCUT2D eigenvalue weighted by molar-refractivity contribution is 5.95. The van der Waals surface area contributed by atoms with Gasteiger partial charge >= 0.3 is 5.97 Å². The predicted molar refractivity (Wildman–Crippen MR) is 148 cm³/mol. The van der Waals surface area contributed by atoms with Gasteiger partial charge in [-0.1, -0.05) is 51.5 Å². The van der Waals surface area contributed by atoms with Gasteiger partial charge in [0.1, 0.15) is 11.5 Å². The molecule has 5 nitrogen and oxygen atoms in total. The number of aryl methyl sites for hydroxylation is 1. The molecule has 0 amide bonds. The number of nitrogens with zero attached hydrogens (tertiary/aromatic N) is 1. The van der Waals surface area contributed by atoms with Crippen molar-refractivity contribution in [2.75, 3.05) is 5.32 Å². The van der Waals surface area contributed by atoms with Crippen LogP contribution in [-0.4, -0.2) is 16.1 Å². The van der Waals surface area contributed by atoms with Crippen molar-refractivity contribution >= 4 is 23.0 Å². The number of carbonyl (C=O) groups is 1. The van der Waals surface area contributed by atoms with Crippen molar-refractivity contribution in [3.8, 4) is 5.75 Å². The number of carboxylic acids is 1. The SMILES string of the molecule is CC.CCC/C=C1/C(C)=C(c2cccnc2)Oc2c1cc(C)cc2C(C)Nc1ccccc1C(=O)O. The lowest BCUT2D eigenvalue weighted by Crippen LogP contribution is -2.15. The second kappa shape index (κ2) is 12.2. The number of allylic oxidation sites excluding steroid dienone is 3. The fourth-order valence-electron chi connectivity index (χ4n) is 4.37. The molecule has 1 aromatic heterocycles. The van der Waals surface area contributed by atoms with E-state index in [2.05, 4.69) is 49.3 Å². The standard InChI is InChI=1S/C29H30N2O3.C2H6/c1-5-6-11-22-19(3)27(21-10-9-14-30-17-21)34-28-24(15-18(2)16-25(22)28)20(4)31-26-13-8-7-12-23(26)29(32)33;1-2/h7-17,20,31H,5-6H2,1-4H3,(H,32,33);1-2H3/b22-11-;. The van der Waals surface area contributed by atoms with Crippen LogP contribution in [0.3, 0.4) is 0 Å². The molecule has 188 valence electrons. The summed E-state index contributed by atoms with van der Waals surface area (Å²) >= 11 is 0. The molecule has 2 heterocycles. The molecule has 0 fully saturated rings. The molecule has 4 rings (SSSR count). The quantitative estimate of drug-likeness (QED) is 0.353. The Bertz CT molecular complexity index is 1280. The second-order valence-corrected chi connectivity index (χ2v) is 8.65. The number of aromatic nitrogens is 1. The Labute approximate surface area is 214 Å². The molecule has 0 bridgehead atoms. The fraction of sp³-hybridized carbons (Fsp3) is 0.290. The number of benzene rings is 2. The van der Waals surface area contributed by atoms with Gasteiger partial charge in [-0.25, -0.2) is 4.79 Å². The molecule has 0 saturated carbocycles. The van der Waals surface area contributed by atoms with E-state index in [1.807, 2.05) is 45.2 Å². The maximum Gasteiger partial charge on any atom is 0.337 e. The van der Waals surface area contributed by atoms with Crippen molar-refractivity contribution in [3.63, 3.8) is 0 Å². The average Bonchev–Trinajstić information content (AvgIpc) is 2.89. The summed E-state index contributed by atoms with van der Waals surface area (Å²) in [6.45, 7) is 12.4. The van der Waals surface area contributed by atoms with Crippen LogP contribution >= 0.6 is 0 Å². The van der Waals surface area contributed by atoms with Crippen LogP contribution in [0.4, 0.5) is 5.69 Å². The molecule has 0 saturated heterocycles. The summed E-state index contributed by atoms with van der Waals surface area (Å²) in [5.41, 5.74) is 7.17. The van der Waals surface area contributed by atoms with Crippen molar-refractivity contribution < 1.29 is 14.6 Å². The molecule has 2 N–H and O–H groups in total. The second-order valence-electron chi connectivity index (χ2n) is 8.65. The molecule has 1 aliphatic heterocycles. The summed E-state index contributed by atoms with van der Waals surface area (Å²) in [7, 11) is 0. The number of ether oxygens (including phenoxy) is 1. The van der Waals surface area contributed by atoms with E-state index < -0.39 is 5.97 Å². The van der Waals surface area contributed by atoms with Gasteiger partial charge in [-0.2, -0.15) is 0 Å². The van der Waals surface area contributed by atoms with Crippen molar-refractivity contribution in [1.82, 2.24) is 4.98 Å². The van der Waals surface area contributed by atoms with Gasteiger partial charge in [-0.15, -0.1) is 0 Å². The van der Waals surface area contributed by atoms with Gasteiger partial charge in [0.05, 0.1) is 11.6 Å². The first-order valence-corrected chi connectivity index (χ1v) is 12.6. The molecule has 3 aromatic rings. The zero-order chi connectivity index (χ0) is 26.2. The minimum Gasteiger partial charge on any atom is -0.478 e. The van der Waals surface area contributed by atoms with E-state index >= 15 is 0 Å². The lowest BCUT2D eigenvalue weighted by molar-refractivity contribution is 0.0698. The van der Waals surface area contributed by atoms with Gasteiger partial charge in [0, 0.05) is 40.3 Å². The van der Waals surface area contributed by atoms with Gasteiger partial charge in [-0.3, -0.25) is 4.98 Å². The summed E-state index contributed by atoms with van der Waals surface area (Å²) in [6.07, 6.45) is 7.88. The maximum absolute atomic E-state index is 11.7. The monoisotopic (exact) mass is 484 g/mol. The largest absolute Gasteiger partial charge is 0.478 e. The molecule has 5 heteroatoms. The van der Waals surface area contributed by atoms with E-state index in [-0.39, 0.29) is 11.6 Å². The van der Waals surface area contributed by atoms with Crippen molar-refractivity contribution in [2.24, 2.45) is 0 Å². The molecule has 1 atom stereocenters. The Morgan fingerprint density at radius 2 is 1.89 bits per heavy atom. The highest BCUT2D eigenvalue weighted by atomic mass is 16.5. The number of pyridine rings is 1. The van der Waals surface area contributed by atoms with Gasteiger partial charge in [-0.05, 0) is 68.7 Å². The normalized spacial score (nSPS) is 14.3. The van der Waals surface area contributed by atoms with E-state index in [1.165, 1.54) is 5.57 Å². The van der Waals surface area contributed by atoms with Crippen LogP contribution in [0.25, 0.3) is 11.3 Å². The minimum absolute atomic E-state index is 0.185. The predicted octanol–water partition coefficient (Wildman–Crippen LogP) is 8.29. The van der Waals surface area contributed by atoms with Gasteiger partial charge in [0.25, 0.3) is 0 Å². The van der Waals surface area contributed by atoms with E-state index in [4.69, 9.17) is 4.74 Å². The Morgan fingerprint density at radius 3 is 2.56 bits per heavy atom. The molecule has 0 radical (unpaired) electrons. The third-order valence-electron chi connectivity index (χ3n) is 6.06. The summed E-state index contributed by atoms with van der Waals surface area (Å²) < 4.78 is 6.61. The zero-order valence-electron chi connectivity index (χ0n) is 22.1. The summed E-state index contributed by atoms with van der Waals surface area (Å²) in [5, 5.41) is 13.0. The van der Waals surface area contributed by atoms with Crippen LogP contribution in [0.1, 0.15) is 86.1 Å². The van der Waals surface area contributed by atoms with E-state index in [0.29, 0.717) is 5.69 Å². The van der Waals surface area contributed by atoms with Crippen LogP contribution in [-0.2, 0) is 0 Å². The number of aromatic carboxylic acids is 1.